The van der Waals surface area contributed by atoms with E-state index >= 15 is 0 Å². The molecule has 6 nitrogen and oxygen atoms in total. The van der Waals surface area contributed by atoms with Crippen molar-refractivity contribution in [3.63, 3.8) is 0 Å². The fraction of sp³-hybridized carbons (Fsp3) is 0.556. The van der Waals surface area contributed by atoms with Crippen molar-refractivity contribution >= 4 is 16.9 Å². The Morgan fingerprint density at radius 2 is 2.28 bits per heavy atom. The van der Waals surface area contributed by atoms with Crippen LogP contribution in [0.3, 0.4) is 0 Å². The molecule has 1 aliphatic carbocycles. The van der Waals surface area contributed by atoms with Gasteiger partial charge in [0.1, 0.15) is 5.82 Å². The van der Waals surface area contributed by atoms with Crippen LogP contribution in [0.15, 0.2) is 18.5 Å². The number of carbonyl (C=O) groups excluding carboxylic acids is 1. The number of hydrogen-bond acceptors (Lipinski definition) is 4. The van der Waals surface area contributed by atoms with Crippen LogP contribution >= 0.6 is 0 Å². The van der Waals surface area contributed by atoms with Crippen molar-refractivity contribution in [2.75, 3.05) is 19.8 Å². The SMILES string of the molecule is CCO[C@@H]1C[C@@H](NC(=O)c2cc3nc[nH]c3cc2F)C12CCOCC2. The standard InChI is InChI=1S/C18H22FN3O3/c1-2-25-16-9-15(18(16)3-5-24-6-4-18)22-17(23)11-7-13-14(8-12(11)19)21-10-20-13/h7-8,10,15-16H,2-6,9H2,1H3,(H,20,21)(H,22,23)/t15-,16-/m1/s1. The fourth-order valence-corrected chi connectivity index (χ4v) is 4.17. The third-order valence-electron chi connectivity index (χ3n) is 5.64. The van der Waals surface area contributed by atoms with Gasteiger partial charge in [0.25, 0.3) is 5.91 Å². The number of carbonyl (C=O) groups is 1. The first-order chi connectivity index (χ1) is 12.1. The van der Waals surface area contributed by atoms with E-state index in [1.54, 1.807) is 0 Å². The summed E-state index contributed by atoms with van der Waals surface area (Å²) in [6.07, 6.45) is 4.07. The minimum Gasteiger partial charge on any atom is -0.381 e. The molecule has 0 bridgehead atoms. The Morgan fingerprint density at radius 1 is 1.48 bits per heavy atom. The number of H-pyrrole nitrogens is 1. The number of nitrogens with one attached hydrogen (secondary N) is 2. The first kappa shape index (κ1) is 16.5. The molecule has 1 aromatic carbocycles. The number of hydrogen-bond donors (Lipinski definition) is 2. The summed E-state index contributed by atoms with van der Waals surface area (Å²) >= 11 is 0. The van der Waals surface area contributed by atoms with E-state index in [0.29, 0.717) is 30.9 Å². The number of rotatable bonds is 4. The normalized spacial score (nSPS) is 25.0. The molecule has 2 aromatic rings. The van der Waals surface area contributed by atoms with Crippen molar-refractivity contribution < 1.29 is 18.7 Å². The summed E-state index contributed by atoms with van der Waals surface area (Å²) in [4.78, 5) is 19.6. The molecule has 7 heteroatoms. The van der Waals surface area contributed by atoms with Gasteiger partial charge in [-0.25, -0.2) is 9.37 Å². The van der Waals surface area contributed by atoms with Crippen molar-refractivity contribution in [2.24, 2.45) is 5.41 Å². The summed E-state index contributed by atoms with van der Waals surface area (Å²) in [6, 6.07) is 2.78. The minimum atomic E-state index is -0.545. The van der Waals surface area contributed by atoms with E-state index in [-0.39, 0.29) is 23.1 Å². The fourth-order valence-electron chi connectivity index (χ4n) is 4.17. The number of halogens is 1. The molecule has 1 saturated heterocycles. The Balaban J connectivity index is 1.54. The molecule has 2 N–H and O–H groups in total. The molecule has 1 aliphatic heterocycles. The van der Waals surface area contributed by atoms with Crippen LogP contribution in [-0.4, -0.2) is 47.8 Å². The molecule has 4 rings (SSSR count). The molecule has 134 valence electrons. The highest BCUT2D eigenvalue weighted by molar-refractivity contribution is 5.97. The highest BCUT2D eigenvalue weighted by Gasteiger charge is 2.56. The summed E-state index contributed by atoms with van der Waals surface area (Å²) in [6.45, 7) is 3.97. The lowest BCUT2D eigenvalue weighted by Gasteiger charge is -2.57. The smallest absolute Gasteiger partial charge is 0.254 e. The van der Waals surface area contributed by atoms with Gasteiger partial charge in [-0.1, -0.05) is 0 Å². The second-order valence-electron chi connectivity index (χ2n) is 6.80. The van der Waals surface area contributed by atoms with Gasteiger partial charge >= 0.3 is 0 Å². The Labute approximate surface area is 145 Å². The average Bonchev–Trinajstić information content (AvgIpc) is 3.08. The Morgan fingerprint density at radius 3 is 3.04 bits per heavy atom. The lowest BCUT2D eigenvalue weighted by Crippen LogP contribution is -2.66. The van der Waals surface area contributed by atoms with E-state index in [4.69, 9.17) is 9.47 Å². The molecule has 2 fully saturated rings. The second kappa shape index (κ2) is 6.38. The van der Waals surface area contributed by atoms with E-state index in [9.17, 15) is 9.18 Å². The molecule has 25 heavy (non-hydrogen) atoms. The van der Waals surface area contributed by atoms with Gasteiger partial charge in [0.15, 0.2) is 0 Å². The maximum Gasteiger partial charge on any atom is 0.254 e. The van der Waals surface area contributed by atoms with Crippen molar-refractivity contribution in [3.8, 4) is 0 Å². The number of imidazole rings is 1. The zero-order valence-corrected chi connectivity index (χ0v) is 14.2. The zero-order chi connectivity index (χ0) is 17.4. The van der Waals surface area contributed by atoms with E-state index in [2.05, 4.69) is 15.3 Å². The first-order valence-corrected chi connectivity index (χ1v) is 8.77. The summed E-state index contributed by atoms with van der Waals surface area (Å²) in [5.41, 5.74) is 1.08. The van der Waals surface area contributed by atoms with Crippen LogP contribution in [0.1, 0.15) is 36.5 Å². The van der Waals surface area contributed by atoms with Gasteiger partial charge in [0.2, 0.25) is 0 Å². The van der Waals surface area contributed by atoms with Gasteiger partial charge in [0, 0.05) is 37.3 Å². The molecule has 2 atom stereocenters. The Hall–Kier alpha value is -1.99. The minimum absolute atomic E-state index is 0.0188. The van der Waals surface area contributed by atoms with E-state index in [1.165, 1.54) is 18.5 Å². The summed E-state index contributed by atoms with van der Waals surface area (Å²) in [7, 11) is 0. The van der Waals surface area contributed by atoms with E-state index in [0.717, 1.165) is 19.3 Å². The largest absolute Gasteiger partial charge is 0.381 e. The molecule has 1 spiro atoms. The zero-order valence-electron chi connectivity index (χ0n) is 14.2. The molecule has 1 aromatic heterocycles. The first-order valence-electron chi connectivity index (χ1n) is 8.77. The molecule has 1 saturated carbocycles. The molecule has 0 radical (unpaired) electrons. The molecule has 2 aliphatic rings. The predicted molar refractivity (Wildman–Crippen MR) is 89.8 cm³/mol. The van der Waals surface area contributed by atoms with Crippen LogP contribution in [0, 0.1) is 11.2 Å². The van der Waals surface area contributed by atoms with Gasteiger partial charge < -0.3 is 19.8 Å². The van der Waals surface area contributed by atoms with Crippen molar-refractivity contribution in [3.05, 3.63) is 29.8 Å². The maximum atomic E-state index is 14.3. The number of nitrogens with zero attached hydrogens (tertiary/aromatic N) is 1. The van der Waals surface area contributed by atoms with Crippen LogP contribution in [-0.2, 0) is 9.47 Å². The van der Waals surface area contributed by atoms with Gasteiger partial charge in [-0.2, -0.15) is 0 Å². The molecule has 2 heterocycles. The summed E-state index contributed by atoms with van der Waals surface area (Å²) in [5, 5.41) is 3.03. The van der Waals surface area contributed by atoms with E-state index in [1.807, 2.05) is 6.92 Å². The van der Waals surface area contributed by atoms with Gasteiger partial charge in [-0.15, -0.1) is 0 Å². The number of benzene rings is 1. The third kappa shape index (κ3) is 2.71. The number of aromatic amines is 1. The lowest BCUT2D eigenvalue weighted by atomic mass is 9.57. The number of ether oxygens (including phenoxy) is 2. The highest BCUT2D eigenvalue weighted by atomic mass is 19.1. The lowest BCUT2D eigenvalue weighted by molar-refractivity contribution is -0.170. The maximum absolute atomic E-state index is 14.3. The Bertz CT molecular complexity index is 785. The van der Waals surface area contributed by atoms with Gasteiger partial charge in [-0.05, 0) is 32.3 Å². The van der Waals surface area contributed by atoms with Crippen molar-refractivity contribution in [1.29, 1.82) is 0 Å². The van der Waals surface area contributed by atoms with E-state index < -0.39 is 11.7 Å². The predicted octanol–water partition coefficient (Wildman–Crippen LogP) is 2.41. The van der Waals surface area contributed by atoms with Crippen LogP contribution < -0.4 is 5.32 Å². The number of fused-ring (bicyclic) bond motifs is 1. The summed E-state index contributed by atoms with van der Waals surface area (Å²) in [5.74, 6) is -0.941. The monoisotopic (exact) mass is 347 g/mol. The number of aromatic nitrogens is 2. The number of amides is 1. The van der Waals surface area contributed by atoms with Crippen LogP contribution in [0.25, 0.3) is 11.0 Å². The highest BCUT2D eigenvalue weighted by Crippen LogP contribution is 2.50. The molecule has 0 unspecified atom stereocenters. The van der Waals surface area contributed by atoms with Gasteiger partial charge in [-0.3, -0.25) is 4.79 Å². The molecular weight excluding hydrogens is 325 g/mol. The average molecular weight is 347 g/mol. The van der Waals surface area contributed by atoms with Gasteiger partial charge in [0.05, 0.1) is 29.0 Å². The Kier molecular flexibility index (Phi) is 4.21. The third-order valence-corrected chi connectivity index (χ3v) is 5.64. The quantitative estimate of drug-likeness (QED) is 0.890. The van der Waals surface area contributed by atoms with Crippen LogP contribution in [0.2, 0.25) is 0 Å². The van der Waals surface area contributed by atoms with Crippen molar-refractivity contribution in [1.82, 2.24) is 15.3 Å². The molecule has 1 amide bonds. The summed E-state index contributed by atoms with van der Waals surface area (Å²) < 4.78 is 25.6. The van der Waals surface area contributed by atoms with Crippen molar-refractivity contribution in [2.45, 2.75) is 38.3 Å². The molecular formula is C18H22FN3O3. The second-order valence-corrected chi connectivity index (χ2v) is 6.80. The van der Waals surface area contributed by atoms with Crippen LogP contribution in [0.4, 0.5) is 4.39 Å². The topological polar surface area (TPSA) is 76.2 Å². The van der Waals surface area contributed by atoms with Crippen LogP contribution in [0.5, 0.6) is 0 Å².